The number of pyridine rings is 1. The van der Waals surface area contributed by atoms with Gasteiger partial charge in [0.2, 0.25) is 0 Å². The van der Waals surface area contributed by atoms with E-state index in [2.05, 4.69) is 27.0 Å². The number of aliphatic hydroxyl groups excluding tert-OH is 1. The summed E-state index contributed by atoms with van der Waals surface area (Å²) in [5, 5.41) is 21.6. The first kappa shape index (κ1) is 17.5. The minimum Gasteiger partial charge on any atom is -0.491 e. The molecule has 0 saturated carbocycles. The Kier molecular flexibility index (Phi) is 4.80. The zero-order valence-corrected chi connectivity index (χ0v) is 15.9. The van der Waals surface area contributed by atoms with Gasteiger partial charge in [0.25, 0.3) is 0 Å². The molecule has 134 valence electrons. The number of nitrogens with zero attached hydrogens (tertiary/aromatic N) is 3. The van der Waals surface area contributed by atoms with Crippen LogP contribution in [0.3, 0.4) is 0 Å². The molecule has 0 aliphatic heterocycles. The van der Waals surface area contributed by atoms with Crippen molar-refractivity contribution in [3.8, 4) is 11.8 Å². The summed E-state index contributed by atoms with van der Waals surface area (Å²) in [7, 11) is 0. The Labute approximate surface area is 164 Å². The highest BCUT2D eigenvalue weighted by Gasteiger charge is 2.16. The lowest BCUT2D eigenvalue weighted by atomic mass is 10.1. The third kappa shape index (κ3) is 3.52. The second kappa shape index (κ2) is 7.39. The van der Waals surface area contributed by atoms with Crippen LogP contribution in [0.25, 0.3) is 21.9 Å². The van der Waals surface area contributed by atoms with Crippen LogP contribution in [-0.2, 0) is 6.54 Å². The van der Waals surface area contributed by atoms with Crippen LogP contribution in [0.15, 0.2) is 65.3 Å². The van der Waals surface area contributed by atoms with Gasteiger partial charge in [0, 0.05) is 21.4 Å². The van der Waals surface area contributed by atoms with Crippen LogP contribution >= 0.6 is 15.9 Å². The molecule has 4 aromatic rings. The number of aliphatic hydroxyl groups is 1. The van der Waals surface area contributed by atoms with Gasteiger partial charge in [-0.05, 0) is 36.4 Å². The summed E-state index contributed by atoms with van der Waals surface area (Å²) in [6.45, 7) is 0.519. The van der Waals surface area contributed by atoms with E-state index in [4.69, 9.17) is 4.74 Å². The van der Waals surface area contributed by atoms with Gasteiger partial charge >= 0.3 is 0 Å². The fourth-order valence-electron chi connectivity index (χ4n) is 3.16. The fourth-order valence-corrected chi connectivity index (χ4v) is 3.52. The number of nitriles is 1. The quantitative estimate of drug-likeness (QED) is 0.522. The van der Waals surface area contributed by atoms with E-state index in [-0.39, 0.29) is 6.61 Å². The Morgan fingerprint density at radius 2 is 1.96 bits per heavy atom. The Bertz CT molecular complexity index is 1150. The Hall–Kier alpha value is -2.88. The molecular weight excluding hydrogens is 406 g/mol. The van der Waals surface area contributed by atoms with E-state index in [0.717, 1.165) is 32.2 Å². The SMILES string of the molecule is N#Cc1cnc2c(c1)c1cc(Br)ccc1n2CC(O)COc1ccccc1. The fraction of sp³-hybridized carbons (Fsp3) is 0.143. The minimum atomic E-state index is -0.704. The highest BCUT2D eigenvalue weighted by atomic mass is 79.9. The molecule has 5 nitrogen and oxygen atoms in total. The first-order valence-corrected chi connectivity index (χ1v) is 9.28. The Morgan fingerprint density at radius 3 is 2.74 bits per heavy atom. The van der Waals surface area contributed by atoms with E-state index in [0.29, 0.717) is 12.1 Å². The number of para-hydroxylation sites is 1. The molecule has 4 rings (SSSR count). The molecule has 2 heterocycles. The van der Waals surface area contributed by atoms with Gasteiger partial charge in [0.1, 0.15) is 30.2 Å². The van der Waals surface area contributed by atoms with Crippen molar-refractivity contribution in [3.63, 3.8) is 0 Å². The Balaban J connectivity index is 1.68. The molecule has 0 saturated heterocycles. The van der Waals surface area contributed by atoms with Crippen LogP contribution in [0.1, 0.15) is 5.56 Å². The van der Waals surface area contributed by atoms with E-state index < -0.39 is 6.10 Å². The molecular formula is C21H16BrN3O2. The average molecular weight is 422 g/mol. The van der Waals surface area contributed by atoms with Crippen molar-refractivity contribution in [2.75, 3.05) is 6.61 Å². The van der Waals surface area contributed by atoms with E-state index >= 15 is 0 Å². The summed E-state index contributed by atoms with van der Waals surface area (Å²) >= 11 is 3.50. The predicted molar refractivity (Wildman–Crippen MR) is 108 cm³/mol. The van der Waals surface area contributed by atoms with Gasteiger partial charge in [-0.25, -0.2) is 4.98 Å². The molecule has 27 heavy (non-hydrogen) atoms. The summed E-state index contributed by atoms with van der Waals surface area (Å²) in [4.78, 5) is 4.46. The van der Waals surface area contributed by atoms with E-state index in [9.17, 15) is 10.4 Å². The zero-order chi connectivity index (χ0) is 18.8. The van der Waals surface area contributed by atoms with Crippen molar-refractivity contribution in [1.82, 2.24) is 9.55 Å². The Morgan fingerprint density at radius 1 is 1.15 bits per heavy atom. The lowest BCUT2D eigenvalue weighted by Gasteiger charge is -2.14. The average Bonchev–Trinajstić information content (AvgIpc) is 2.99. The number of hydrogen-bond acceptors (Lipinski definition) is 4. The first-order chi connectivity index (χ1) is 13.2. The molecule has 0 fully saturated rings. The summed E-state index contributed by atoms with van der Waals surface area (Å²) < 4.78 is 8.58. The molecule has 2 aromatic heterocycles. The number of benzene rings is 2. The summed E-state index contributed by atoms with van der Waals surface area (Å²) in [5.74, 6) is 0.722. The van der Waals surface area contributed by atoms with Crippen LogP contribution in [0.5, 0.6) is 5.75 Å². The molecule has 1 atom stereocenters. The van der Waals surface area contributed by atoms with E-state index in [1.165, 1.54) is 0 Å². The summed E-state index contributed by atoms with van der Waals surface area (Å²) in [6.07, 6.45) is 0.852. The topological polar surface area (TPSA) is 71.1 Å². The third-order valence-corrected chi connectivity index (χ3v) is 4.86. The molecule has 0 aliphatic carbocycles. The van der Waals surface area contributed by atoms with Crippen molar-refractivity contribution in [2.45, 2.75) is 12.6 Å². The lowest BCUT2D eigenvalue weighted by Crippen LogP contribution is -2.23. The van der Waals surface area contributed by atoms with E-state index in [1.807, 2.05) is 59.2 Å². The van der Waals surface area contributed by atoms with Crippen LogP contribution < -0.4 is 4.74 Å². The highest BCUT2D eigenvalue weighted by molar-refractivity contribution is 9.10. The molecule has 0 aliphatic rings. The maximum absolute atomic E-state index is 10.5. The first-order valence-electron chi connectivity index (χ1n) is 8.49. The van der Waals surface area contributed by atoms with Crippen molar-refractivity contribution in [1.29, 1.82) is 5.26 Å². The second-order valence-electron chi connectivity index (χ2n) is 6.26. The lowest BCUT2D eigenvalue weighted by molar-refractivity contribution is 0.0944. The number of aromatic nitrogens is 2. The van der Waals surface area contributed by atoms with Gasteiger partial charge in [0.15, 0.2) is 0 Å². The molecule has 2 aromatic carbocycles. The third-order valence-electron chi connectivity index (χ3n) is 4.37. The number of hydrogen-bond donors (Lipinski definition) is 1. The zero-order valence-electron chi connectivity index (χ0n) is 14.3. The van der Waals surface area contributed by atoms with Crippen LogP contribution in [0.2, 0.25) is 0 Å². The molecule has 0 bridgehead atoms. The normalized spacial score (nSPS) is 12.2. The molecule has 1 unspecified atom stereocenters. The van der Waals surface area contributed by atoms with Gasteiger partial charge in [-0.1, -0.05) is 34.1 Å². The van der Waals surface area contributed by atoms with Crippen molar-refractivity contribution >= 4 is 37.9 Å². The summed E-state index contributed by atoms with van der Waals surface area (Å²) in [6, 6.07) is 19.3. The summed E-state index contributed by atoms with van der Waals surface area (Å²) in [5.41, 5.74) is 2.20. The minimum absolute atomic E-state index is 0.179. The van der Waals surface area contributed by atoms with Crippen LogP contribution in [-0.4, -0.2) is 27.4 Å². The van der Waals surface area contributed by atoms with Crippen molar-refractivity contribution in [3.05, 3.63) is 70.8 Å². The molecule has 0 amide bonds. The molecule has 1 N–H and O–H groups in total. The van der Waals surface area contributed by atoms with Gasteiger partial charge in [-0.3, -0.25) is 0 Å². The van der Waals surface area contributed by atoms with Gasteiger partial charge in [-0.15, -0.1) is 0 Å². The van der Waals surface area contributed by atoms with E-state index in [1.54, 1.807) is 6.20 Å². The van der Waals surface area contributed by atoms with Gasteiger partial charge < -0.3 is 14.4 Å². The molecule has 6 heteroatoms. The maximum atomic E-state index is 10.5. The second-order valence-corrected chi connectivity index (χ2v) is 7.17. The number of ether oxygens (including phenoxy) is 1. The molecule has 0 spiro atoms. The monoisotopic (exact) mass is 421 g/mol. The molecule has 0 radical (unpaired) electrons. The van der Waals surface area contributed by atoms with Crippen LogP contribution in [0, 0.1) is 11.3 Å². The number of halogens is 1. The van der Waals surface area contributed by atoms with Gasteiger partial charge in [-0.2, -0.15) is 5.26 Å². The van der Waals surface area contributed by atoms with Crippen LogP contribution in [0.4, 0.5) is 0 Å². The number of rotatable bonds is 5. The highest BCUT2D eigenvalue weighted by Crippen LogP contribution is 2.31. The smallest absolute Gasteiger partial charge is 0.141 e. The number of fused-ring (bicyclic) bond motifs is 3. The van der Waals surface area contributed by atoms with Crippen molar-refractivity contribution < 1.29 is 9.84 Å². The standard InChI is InChI=1S/C21H16BrN3O2/c22-15-6-7-20-18(9-15)19-8-14(10-23)11-24-21(19)25(20)12-16(26)13-27-17-4-2-1-3-5-17/h1-9,11,16,26H,12-13H2. The largest absolute Gasteiger partial charge is 0.491 e. The van der Waals surface area contributed by atoms with Gasteiger partial charge in [0.05, 0.1) is 17.6 Å². The maximum Gasteiger partial charge on any atom is 0.141 e. The van der Waals surface area contributed by atoms with Crippen molar-refractivity contribution in [2.24, 2.45) is 0 Å². The predicted octanol–water partition coefficient (Wildman–Crippen LogP) is 4.26.